The maximum absolute atomic E-state index is 9.59. The Kier molecular flexibility index (Phi) is 22.7. The van der Waals surface area contributed by atoms with Crippen LogP contribution in [0.2, 0.25) is 0 Å². The Balaban J connectivity index is -0.0000000865. The molecule has 0 aromatic rings. The van der Waals surface area contributed by atoms with Gasteiger partial charge in [0.25, 0.3) is 0 Å². The van der Waals surface area contributed by atoms with E-state index < -0.39 is 17.9 Å². The number of hydrogen-bond donors (Lipinski definition) is 0. The van der Waals surface area contributed by atoms with Gasteiger partial charge in [0.2, 0.25) is 0 Å². The number of hydrogen-bond acceptors (Lipinski definition) is 6. The van der Waals surface area contributed by atoms with Crippen molar-refractivity contribution in [2.24, 2.45) is 17.8 Å². The van der Waals surface area contributed by atoms with Crippen LogP contribution in [0.3, 0.4) is 0 Å². The third-order valence-electron chi connectivity index (χ3n) is 1.41. The van der Waals surface area contributed by atoms with E-state index in [-0.39, 0.29) is 59.5 Å². The zero-order chi connectivity index (χ0) is 15.5. The predicted octanol–water partition coefficient (Wildman–Crippen LogP) is -1.82. The van der Waals surface area contributed by atoms with Crippen molar-refractivity contribution in [3.05, 3.63) is 0 Å². The van der Waals surface area contributed by atoms with Crippen molar-refractivity contribution in [2.45, 2.75) is 41.5 Å². The average molecular weight is 401 g/mol. The fraction of sp³-hybridized carbons (Fsp3) is 0.750. The van der Waals surface area contributed by atoms with Crippen molar-refractivity contribution < 1.29 is 71.5 Å². The second-order valence-corrected chi connectivity index (χ2v) is 4.42. The van der Waals surface area contributed by atoms with Crippen LogP contribution in [0.5, 0.6) is 0 Å². The molecule has 0 saturated heterocycles. The van der Waals surface area contributed by atoms with Gasteiger partial charge in [-0.05, 0) is 17.8 Å². The molecule has 0 spiro atoms. The van der Waals surface area contributed by atoms with E-state index in [0.29, 0.717) is 0 Å². The second kappa shape index (κ2) is 15.8. The first kappa shape index (κ1) is 27.2. The maximum atomic E-state index is 9.59. The van der Waals surface area contributed by atoms with Crippen molar-refractivity contribution in [1.82, 2.24) is 0 Å². The number of carboxylic acids is 3. The van der Waals surface area contributed by atoms with Gasteiger partial charge in [0.05, 0.1) is 0 Å². The van der Waals surface area contributed by atoms with Crippen LogP contribution in [0.15, 0.2) is 0 Å². The summed E-state index contributed by atoms with van der Waals surface area (Å²) in [5, 5.41) is 28.8. The summed E-state index contributed by atoms with van der Waals surface area (Å²) in [4.78, 5) is 28.8. The molecule has 0 N–H and O–H groups in total. The van der Waals surface area contributed by atoms with Crippen LogP contribution in [-0.2, 0) is 14.4 Å². The Morgan fingerprint density at radius 1 is 0.579 bits per heavy atom. The minimum atomic E-state index is -0.991. The van der Waals surface area contributed by atoms with Gasteiger partial charge in [-0.15, -0.1) is 0 Å². The third kappa shape index (κ3) is 31.9. The maximum Gasteiger partial charge on any atom is 3.00 e. The summed E-state index contributed by atoms with van der Waals surface area (Å²) in [5.41, 5.74) is 0. The zero-order valence-electron chi connectivity index (χ0n) is 12.2. The molecule has 7 heteroatoms. The van der Waals surface area contributed by atoms with E-state index in [1.807, 2.05) is 0 Å². The minimum Gasteiger partial charge on any atom is -0.550 e. The van der Waals surface area contributed by atoms with Crippen molar-refractivity contribution in [2.75, 3.05) is 0 Å². The first-order valence-corrected chi connectivity index (χ1v) is 5.55. The van der Waals surface area contributed by atoms with E-state index in [9.17, 15) is 29.7 Å². The number of carboxylic acid groups (broad SMARTS) is 3. The molecule has 0 atom stereocenters. The molecule has 6 nitrogen and oxygen atoms in total. The molecule has 109 valence electrons. The Hall–Kier alpha value is -0.213. The summed E-state index contributed by atoms with van der Waals surface area (Å²) < 4.78 is 0. The van der Waals surface area contributed by atoms with E-state index in [1.54, 1.807) is 41.5 Å². The molecule has 0 fully saturated rings. The summed E-state index contributed by atoms with van der Waals surface area (Å²) in [6.07, 6.45) is 0. The average Bonchev–Trinajstić information content (AvgIpc) is 2.18. The Bertz CT molecular complexity index is 218. The number of carbonyl (C=O) groups is 3. The molecule has 0 unspecified atom stereocenters. The second-order valence-electron chi connectivity index (χ2n) is 4.42. The summed E-state index contributed by atoms with van der Waals surface area (Å²) in [5.74, 6) is -4.00. The fourth-order valence-corrected chi connectivity index (χ4v) is 0. The van der Waals surface area contributed by atoms with Gasteiger partial charge >= 0.3 is 41.7 Å². The largest absolute Gasteiger partial charge is 3.00 e. The van der Waals surface area contributed by atoms with E-state index in [2.05, 4.69) is 0 Å². The monoisotopic (exact) mass is 401 g/mol. The molecule has 0 bridgehead atoms. The van der Waals surface area contributed by atoms with Crippen molar-refractivity contribution in [3.63, 3.8) is 0 Å². The van der Waals surface area contributed by atoms with Gasteiger partial charge < -0.3 is 29.7 Å². The zero-order valence-corrected chi connectivity index (χ0v) is 15.3. The molecule has 1 radical (unpaired) electrons. The van der Waals surface area contributed by atoms with Gasteiger partial charge in [0, 0.05) is 17.9 Å². The van der Waals surface area contributed by atoms with Crippen LogP contribution < -0.4 is 15.3 Å². The Morgan fingerprint density at radius 2 is 0.632 bits per heavy atom. The smallest absolute Gasteiger partial charge is 0.550 e. The molecule has 0 heterocycles. The number of rotatable bonds is 3. The van der Waals surface area contributed by atoms with Gasteiger partial charge in [0.1, 0.15) is 0 Å². The van der Waals surface area contributed by atoms with Crippen LogP contribution in [0, 0.1) is 59.5 Å². The van der Waals surface area contributed by atoms with Crippen molar-refractivity contribution in [1.29, 1.82) is 0 Å². The van der Waals surface area contributed by atoms with Gasteiger partial charge in [-0.25, -0.2) is 0 Å². The normalized spacial score (nSPS) is 8.68. The summed E-state index contributed by atoms with van der Waals surface area (Å²) in [6, 6.07) is 0. The molecule has 0 aromatic carbocycles. The van der Waals surface area contributed by atoms with E-state index in [1.165, 1.54) is 0 Å². The van der Waals surface area contributed by atoms with E-state index in [0.717, 1.165) is 0 Å². The topological polar surface area (TPSA) is 120 Å². The predicted molar refractivity (Wildman–Crippen MR) is 59.5 cm³/mol. The van der Waals surface area contributed by atoms with Gasteiger partial charge in [0.15, 0.2) is 0 Å². The minimum absolute atomic E-state index is 0. The molecule has 0 aromatic heterocycles. The summed E-state index contributed by atoms with van der Waals surface area (Å²) in [7, 11) is 0. The SMILES string of the molecule is CC(C)C(=O)[O-].CC(C)C(=O)[O-].CC(C)C(=O)[O-].[Ce+3]. The van der Waals surface area contributed by atoms with Crippen molar-refractivity contribution in [3.8, 4) is 0 Å². The molecule has 0 aliphatic heterocycles. The quantitative estimate of drug-likeness (QED) is 0.549. The molecule has 0 aliphatic rings. The van der Waals surface area contributed by atoms with E-state index >= 15 is 0 Å². The molecular formula is C12H21CeO6. The molecule has 19 heavy (non-hydrogen) atoms. The molecule has 0 aliphatic carbocycles. The molecule has 0 saturated carbocycles. The standard InChI is InChI=1S/3C4H8O2.Ce/c3*1-3(2)4(5)6;/h3*3H,1-2H3,(H,5,6);/q;;;+3/p-3. The van der Waals surface area contributed by atoms with Crippen molar-refractivity contribution >= 4 is 17.9 Å². The van der Waals surface area contributed by atoms with Crippen LogP contribution in [0.1, 0.15) is 41.5 Å². The van der Waals surface area contributed by atoms with Crippen LogP contribution in [0.25, 0.3) is 0 Å². The number of carbonyl (C=O) groups excluding carboxylic acids is 3. The van der Waals surface area contributed by atoms with Gasteiger partial charge in [-0.2, -0.15) is 0 Å². The van der Waals surface area contributed by atoms with Gasteiger partial charge in [-0.3, -0.25) is 0 Å². The van der Waals surface area contributed by atoms with Crippen LogP contribution >= 0.6 is 0 Å². The van der Waals surface area contributed by atoms with E-state index in [4.69, 9.17) is 0 Å². The first-order valence-electron chi connectivity index (χ1n) is 5.55. The van der Waals surface area contributed by atoms with Gasteiger partial charge in [-0.1, -0.05) is 41.5 Å². The number of aliphatic carboxylic acids is 3. The van der Waals surface area contributed by atoms with Crippen LogP contribution in [-0.4, -0.2) is 17.9 Å². The fourth-order valence-electron chi connectivity index (χ4n) is 0. The Labute approximate surface area is 148 Å². The molecular weight excluding hydrogens is 380 g/mol. The molecule has 0 amide bonds. The summed E-state index contributed by atoms with van der Waals surface area (Å²) >= 11 is 0. The Morgan fingerprint density at radius 3 is 0.632 bits per heavy atom. The third-order valence-corrected chi connectivity index (χ3v) is 1.41. The van der Waals surface area contributed by atoms with Crippen LogP contribution in [0.4, 0.5) is 0 Å². The summed E-state index contributed by atoms with van der Waals surface area (Å²) in [6.45, 7) is 9.47. The first-order chi connectivity index (χ1) is 7.93. The molecule has 0 rings (SSSR count).